The minimum Gasteiger partial charge on any atom is -0.481 e. The number of β-lactam (4-membered cyclic amide) rings is 1. The standard InChI is InChI=1S/C15H17N5O5S2.ClH/c1-3-15(13(23)24)5-20-11(22)9(12(20)27-6-15)18-10(21)8(19-25-2)7-4-26-14(16)17-7;/h3-4,9,12H,1,5-6H2,2H3,(H2,16,17)(H,18,21)(H,23,24);1H/t9?,12-,15?;/m1./s1. The molecule has 0 bridgehead atoms. The van der Waals surface area contributed by atoms with Crippen LogP contribution in [0.5, 0.6) is 0 Å². The average molecular weight is 448 g/mol. The Labute approximate surface area is 174 Å². The lowest BCUT2D eigenvalue weighted by atomic mass is 9.87. The zero-order valence-electron chi connectivity index (χ0n) is 14.7. The number of carboxylic acids is 1. The van der Waals surface area contributed by atoms with Gasteiger partial charge in [-0.1, -0.05) is 11.2 Å². The zero-order chi connectivity index (χ0) is 19.8. The molecule has 3 heterocycles. The van der Waals surface area contributed by atoms with Gasteiger partial charge in [0.2, 0.25) is 5.91 Å². The number of anilines is 1. The van der Waals surface area contributed by atoms with Gasteiger partial charge in [0.15, 0.2) is 10.8 Å². The molecule has 28 heavy (non-hydrogen) atoms. The van der Waals surface area contributed by atoms with Gasteiger partial charge in [0.1, 0.15) is 29.6 Å². The minimum atomic E-state index is -1.19. The summed E-state index contributed by atoms with van der Waals surface area (Å²) in [5, 5.41) is 17.2. The smallest absolute Gasteiger partial charge is 0.316 e. The van der Waals surface area contributed by atoms with E-state index in [1.165, 1.54) is 29.8 Å². The Hall–Kier alpha value is -2.31. The normalized spacial score (nSPS) is 26.4. The first-order valence-corrected chi connectivity index (χ1v) is 9.68. The van der Waals surface area contributed by atoms with Crippen LogP contribution in [0.2, 0.25) is 0 Å². The molecule has 3 atom stereocenters. The minimum absolute atomic E-state index is 0. The van der Waals surface area contributed by atoms with Crippen LogP contribution in [0.3, 0.4) is 0 Å². The highest BCUT2D eigenvalue weighted by molar-refractivity contribution is 8.00. The van der Waals surface area contributed by atoms with Crippen LogP contribution < -0.4 is 11.1 Å². The van der Waals surface area contributed by atoms with E-state index >= 15 is 0 Å². The highest BCUT2D eigenvalue weighted by atomic mass is 35.5. The van der Waals surface area contributed by atoms with E-state index in [-0.39, 0.29) is 52.5 Å². The van der Waals surface area contributed by atoms with Crippen molar-refractivity contribution >= 4 is 64.1 Å². The second-order valence-corrected chi connectivity index (χ2v) is 7.97. The third-order valence-corrected chi connectivity index (χ3v) is 6.59. The number of oxime groups is 1. The van der Waals surface area contributed by atoms with Gasteiger partial charge in [-0.2, -0.15) is 0 Å². The lowest BCUT2D eigenvalue weighted by Gasteiger charge is -2.53. The van der Waals surface area contributed by atoms with Gasteiger partial charge in [0.25, 0.3) is 5.91 Å². The van der Waals surface area contributed by atoms with Gasteiger partial charge in [-0.3, -0.25) is 14.4 Å². The summed E-state index contributed by atoms with van der Waals surface area (Å²) >= 11 is 2.43. The van der Waals surface area contributed by atoms with E-state index in [9.17, 15) is 19.5 Å². The Morgan fingerprint density at radius 3 is 2.86 bits per heavy atom. The molecule has 1 aromatic heterocycles. The zero-order valence-corrected chi connectivity index (χ0v) is 17.1. The van der Waals surface area contributed by atoms with Gasteiger partial charge in [-0.25, -0.2) is 4.98 Å². The molecule has 4 N–H and O–H groups in total. The van der Waals surface area contributed by atoms with Gasteiger partial charge in [-0.05, 0) is 0 Å². The number of rotatable bonds is 6. The number of fused-ring (bicyclic) bond motifs is 1. The number of nitrogens with zero attached hydrogens (tertiary/aromatic N) is 3. The van der Waals surface area contributed by atoms with Gasteiger partial charge in [0, 0.05) is 17.7 Å². The number of nitrogen functional groups attached to an aromatic ring is 1. The van der Waals surface area contributed by atoms with Gasteiger partial charge in [0.05, 0.1) is 0 Å². The maximum absolute atomic E-state index is 12.6. The first-order valence-electron chi connectivity index (χ1n) is 7.75. The van der Waals surface area contributed by atoms with Crippen molar-refractivity contribution in [1.82, 2.24) is 15.2 Å². The quantitative estimate of drug-likeness (QED) is 0.241. The molecule has 0 aromatic carbocycles. The van der Waals surface area contributed by atoms with Crippen LogP contribution in [-0.4, -0.2) is 69.3 Å². The van der Waals surface area contributed by atoms with Crippen LogP contribution in [0.15, 0.2) is 23.2 Å². The number of hydrogen-bond donors (Lipinski definition) is 3. The Kier molecular flexibility index (Phi) is 6.57. The number of aromatic nitrogens is 1. The number of carbonyl (C=O) groups is 3. The summed E-state index contributed by atoms with van der Waals surface area (Å²) in [6.07, 6.45) is 1.35. The number of carboxylic acid groups (broad SMARTS) is 1. The third kappa shape index (κ3) is 3.66. The van der Waals surface area contributed by atoms with Gasteiger partial charge >= 0.3 is 5.97 Å². The summed E-state index contributed by atoms with van der Waals surface area (Å²) < 4.78 is 0. The molecule has 0 radical (unpaired) electrons. The number of hydrogen-bond acceptors (Lipinski definition) is 9. The van der Waals surface area contributed by atoms with E-state index in [0.29, 0.717) is 0 Å². The summed E-state index contributed by atoms with van der Waals surface area (Å²) in [7, 11) is 1.29. The van der Waals surface area contributed by atoms with Crippen molar-refractivity contribution in [1.29, 1.82) is 0 Å². The molecular weight excluding hydrogens is 430 g/mol. The molecule has 0 saturated carbocycles. The van der Waals surface area contributed by atoms with Crippen LogP contribution in [0.25, 0.3) is 0 Å². The molecule has 2 amide bonds. The Balaban J connectivity index is 0.00000280. The van der Waals surface area contributed by atoms with Crippen LogP contribution in [0.1, 0.15) is 5.69 Å². The summed E-state index contributed by atoms with van der Waals surface area (Å²) in [4.78, 5) is 46.7. The molecule has 2 aliphatic heterocycles. The Morgan fingerprint density at radius 2 is 2.32 bits per heavy atom. The lowest BCUT2D eigenvalue weighted by molar-refractivity contribution is -0.156. The second-order valence-electron chi connectivity index (χ2n) is 5.98. The molecule has 3 rings (SSSR count). The van der Waals surface area contributed by atoms with Gasteiger partial charge in [-0.15, -0.1) is 42.1 Å². The monoisotopic (exact) mass is 447 g/mol. The number of thiazole rings is 1. The lowest BCUT2D eigenvalue weighted by Crippen LogP contribution is -2.73. The van der Waals surface area contributed by atoms with Crippen molar-refractivity contribution in [2.45, 2.75) is 11.4 Å². The Morgan fingerprint density at radius 1 is 1.61 bits per heavy atom. The maximum Gasteiger partial charge on any atom is 0.316 e. The van der Waals surface area contributed by atoms with E-state index in [0.717, 1.165) is 11.3 Å². The first kappa shape index (κ1) is 22.0. The number of nitrogens with one attached hydrogen (secondary N) is 1. The summed E-state index contributed by atoms with van der Waals surface area (Å²) in [6, 6.07) is -0.780. The van der Waals surface area contributed by atoms with E-state index < -0.39 is 23.3 Å². The predicted molar refractivity (Wildman–Crippen MR) is 107 cm³/mol. The molecule has 0 spiro atoms. The number of thioether (sulfide) groups is 1. The molecule has 13 heteroatoms. The van der Waals surface area contributed by atoms with Gasteiger partial charge < -0.3 is 25.9 Å². The van der Waals surface area contributed by atoms with Crippen molar-refractivity contribution < 1.29 is 24.3 Å². The van der Waals surface area contributed by atoms with Crippen molar-refractivity contribution in [3.63, 3.8) is 0 Å². The largest absolute Gasteiger partial charge is 0.481 e. The van der Waals surface area contributed by atoms with Crippen LogP contribution in [0, 0.1) is 5.41 Å². The number of carbonyl (C=O) groups excluding carboxylic acids is 2. The molecule has 2 saturated heterocycles. The number of amides is 2. The van der Waals surface area contributed by atoms with Crippen molar-refractivity contribution in [3.8, 4) is 0 Å². The van der Waals surface area contributed by atoms with E-state index in [1.54, 1.807) is 5.38 Å². The molecule has 0 aliphatic carbocycles. The highest BCUT2D eigenvalue weighted by Gasteiger charge is 2.56. The molecule has 10 nitrogen and oxygen atoms in total. The van der Waals surface area contributed by atoms with Crippen molar-refractivity contribution in [2.75, 3.05) is 25.1 Å². The number of nitrogens with two attached hydrogens (primary N) is 1. The van der Waals surface area contributed by atoms with Crippen molar-refractivity contribution in [2.24, 2.45) is 10.6 Å². The third-order valence-electron chi connectivity index (χ3n) is 4.37. The molecular formula is C15H18ClN5O5S2. The molecule has 2 aliphatic rings. The fourth-order valence-electron chi connectivity index (χ4n) is 2.84. The van der Waals surface area contributed by atoms with E-state index in [4.69, 9.17) is 10.6 Å². The number of aliphatic carboxylic acids is 1. The fourth-order valence-corrected chi connectivity index (χ4v) is 4.92. The van der Waals surface area contributed by atoms with Crippen LogP contribution in [-0.2, 0) is 19.2 Å². The SMILES string of the molecule is C=CC1(C(=O)O)CS[C@@H]2C(NC(=O)C(=NOC)c3csc(N)n3)C(=O)N2C1.Cl. The summed E-state index contributed by atoms with van der Waals surface area (Å²) in [5.41, 5.74) is 4.55. The first-order chi connectivity index (χ1) is 12.8. The second kappa shape index (κ2) is 8.37. The van der Waals surface area contributed by atoms with E-state index in [1.807, 2.05) is 0 Å². The van der Waals surface area contributed by atoms with E-state index in [2.05, 4.69) is 22.0 Å². The molecule has 2 unspecified atom stereocenters. The Bertz CT molecular complexity index is 847. The topological polar surface area (TPSA) is 147 Å². The molecule has 1 aromatic rings. The van der Waals surface area contributed by atoms with Crippen molar-refractivity contribution in [3.05, 3.63) is 23.7 Å². The highest BCUT2D eigenvalue weighted by Crippen LogP contribution is 2.42. The molecule has 152 valence electrons. The maximum atomic E-state index is 12.6. The fraction of sp³-hybridized carbons (Fsp3) is 0.400. The van der Waals surface area contributed by atoms with Crippen LogP contribution in [0.4, 0.5) is 5.13 Å². The average Bonchev–Trinajstić information content (AvgIpc) is 3.08. The predicted octanol–water partition coefficient (Wildman–Crippen LogP) is 0.154. The summed E-state index contributed by atoms with van der Waals surface area (Å²) in [5.74, 6) is -1.75. The number of halogens is 1. The molecule has 2 fully saturated rings. The van der Waals surface area contributed by atoms with Crippen LogP contribution >= 0.6 is 35.5 Å². The summed E-state index contributed by atoms with van der Waals surface area (Å²) in [6.45, 7) is 3.61.